The molecule has 0 heterocycles. The molecule has 1 atom stereocenters. The average molecular weight is 876 g/mol. The number of aryl methyl sites for hydroxylation is 2. The number of aliphatic hydroxyl groups excluding tert-OH is 1. The maximum absolute atomic E-state index is 13.2. The Morgan fingerprint density at radius 2 is 0.895 bits per heavy atom. The molecule has 0 bridgehead atoms. The first-order valence-electron chi connectivity index (χ1n) is 20.9. The smallest absolute Gasteiger partial charge is 0.331 e. The Morgan fingerprint density at radius 1 is 0.579 bits per heavy atom. The van der Waals surface area contributed by atoms with Crippen LogP contribution >= 0.6 is 23.2 Å². The van der Waals surface area contributed by atoms with E-state index in [2.05, 4.69) is 10.6 Å². The van der Waals surface area contributed by atoms with Gasteiger partial charge in [-0.25, -0.2) is 35.0 Å². The van der Waals surface area contributed by atoms with E-state index in [0.29, 0.717) is 72.8 Å². The van der Waals surface area contributed by atoms with Gasteiger partial charge in [-0.15, -0.1) is 0 Å². The third-order valence-electron chi connectivity index (χ3n) is 10.2. The minimum Gasteiger partial charge on any atom is -0.393 e. The molecule has 324 valence electrons. The van der Waals surface area contributed by atoms with Crippen molar-refractivity contribution in [1.29, 1.82) is 0 Å². The highest BCUT2D eigenvalue weighted by atomic mass is 35.5. The molecule has 0 saturated heterocycles. The number of carbonyl (C=O) groups excluding carboxylic acids is 2. The molecule has 0 aliphatic heterocycles. The van der Waals surface area contributed by atoms with E-state index in [1.54, 1.807) is 18.2 Å². The fraction of sp³-hybridized carbons (Fsp3) is 0.667. The molecule has 2 rings (SSSR count). The van der Waals surface area contributed by atoms with Crippen molar-refractivity contribution >= 4 is 55.3 Å². The minimum atomic E-state index is -4.03. The summed E-state index contributed by atoms with van der Waals surface area (Å²) in [4.78, 5) is 24.9. The van der Waals surface area contributed by atoms with Crippen LogP contribution in [0.25, 0.3) is 0 Å². The summed E-state index contributed by atoms with van der Waals surface area (Å²) in [6, 6.07) is 8.05. The number of hydrogen-bond donors (Lipinski definition) is 3. The first kappa shape index (κ1) is 50.6. The lowest BCUT2D eigenvalue weighted by Crippen LogP contribution is -2.41. The topological polar surface area (TPSA) is 153 Å². The van der Waals surface area contributed by atoms with Crippen LogP contribution < -0.4 is 10.6 Å². The van der Waals surface area contributed by atoms with Crippen molar-refractivity contribution in [2.24, 2.45) is 0 Å². The van der Waals surface area contributed by atoms with Crippen LogP contribution in [-0.4, -0.2) is 75.9 Å². The first-order chi connectivity index (χ1) is 27.2. The molecule has 0 aliphatic carbocycles. The third kappa shape index (κ3) is 18.1. The predicted octanol–water partition coefficient (Wildman–Crippen LogP) is 10.3. The Bertz CT molecular complexity index is 1730. The molecule has 0 aliphatic rings. The van der Waals surface area contributed by atoms with Crippen molar-refractivity contribution in [1.82, 2.24) is 19.2 Å². The lowest BCUT2D eigenvalue weighted by atomic mass is 10.0. The second-order valence-electron chi connectivity index (χ2n) is 14.9. The van der Waals surface area contributed by atoms with Crippen LogP contribution in [0.3, 0.4) is 0 Å². The van der Waals surface area contributed by atoms with Crippen molar-refractivity contribution in [3.63, 3.8) is 0 Å². The van der Waals surface area contributed by atoms with Crippen LogP contribution in [0.2, 0.25) is 10.0 Å². The Kier molecular flexibility index (Phi) is 24.2. The summed E-state index contributed by atoms with van der Waals surface area (Å²) in [5.41, 5.74) is 1.21. The largest absolute Gasteiger partial charge is 0.393 e. The van der Waals surface area contributed by atoms with E-state index >= 15 is 0 Å². The van der Waals surface area contributed by atoms with Crippen molar-refractivity contribution in [3.05, 3.63) is 57.6 Å². The van der Waals surface area contributed by atoms with Gasteiger partial charge in [0.25, 0.3) is 20.0 Å². The van der Waals surface area contributed by atoms with E-state index in [-0.39, 0.29) is 15.9 Å². The van der Waals surface area contributed by atoms with Crippen molar-refractivity contribution in [2.75, 3.05) is 27.2 Å². The first-order valence-corrected chi connectivity index (χ1v) is 24.6. The molecule has 2 aromatic rings. The van der Waals surface area contributed by atoms with Gasteiger partial charge in [0, 0.05) is 37.2 Å². The summed E-state index contributed by atoms with van der Waals surface area (Å²) in [5.74, 6) is 0. The van der Waals surface area contributed by atoms with Gasteiger partial charge in [-0.1, -0.05) is 121 Å². The van der Waals surface area contributed by atoms with Gasteiger partial charge in [0.1, 0.15) is 0 Å². The molecule has 11 nitrogen and oxygen atoms in total. The molecule has 0 saturated carbocycles. The number of aliphatic hydroxyl groups is 1. The van der Waals surface area contributed by atoms with Crippen LogP contribution in [0.4, 0.5) is 9.59 Å². The van der Waals surface area contributed by atoms with E-state index in [4.69, 9.17) is 23.2 Å². The van der Waals surface area contributed by atoms with Crippen LogP contribution in [0.5, 0.6) is 0 Å². The van der Waals surface area contributed by atoms with Crippen LogP contribution in [0, 0.1) is 0 Å². The highest BCUT2D eigenvalue weighted by Crippen LogP contribution is 2.27. The maximum Gasteiger partial charge on any atom is 0.331 e. The fourth-order valence-corrected chi connectivity index (χ4v) is 9.68. The van der Waals surface area contributed by atoms with Crippen LogP contribution in [0.1, 0.15) is 147 Å². The molecule has 15 heteroatoms. The summed E-state index contributed by atoms with van der Waals surface area (Å²) >= 11 is 12.4. The van der Waals surface area contributed by atoms with Crippen molar-refractivity contribution in [3.8, 4) is 0 Å². The van der Waals surface area contributed by atoms with Gasteiger partial charge >= 0.3 is 12.1 Å². The van der Waals surface area contributed by atoms with E-state index in [1.807, 2.05) is 13.8 Å². The zero-order chi connectivity index (χ0) is 42.3. The molecular formula is C42H68Cl2N4O7S2. The summed E-state index contributed by atoms with van der Waals surface area (Å²) in [5, 5.41) is 16.6. The zero-order valence-electron chi connectivity index (χ0n) is 34.7. The zero-order valence-corrected chi connectivity index (χ0v) is 37.8. The third-order valence-corrected chi connectivity index (χ3v) is 14.3. The highest BCUT2D eigenvalue weighted by Gasteiger charge is 2.29. The number of unbranched alkanes of at least 4 members (excludes halogenated alkanes) is 13. The normalized spacial score (nSPS) is 12.3. The lowest BCUT2D eigenvalue weighted by Gasteiger charge is -2.20. The minimum absolute atomic E-state index is 0.0776. The molecule has 57 heavy (non-hydrogen) atoms. The van der Waals surface area contributed by atoms with Crippen LogP contribution in [-0.2, 0) is 32.9 Å². The molecule has 1 unspecified atom stereocenters. The summed E-state index contributed by atoms with van der Waals surface area (Å²) in [6.45, 7) is 4.59. The van der Waals surface area contributed by atoms with E-state index in [9.17, 15) is 31.5 Å². The number of carbonyl (C=O) groups is 2. The monoisotopic (exact) mass is 874 g/mol. The number of halogens is 2. The molecule has 3 N–H and O–H groups in total. The Balaban J connectivity index is 1.54. The standard InChI is InChI=1S/C42H68Cl2N4O7S2/c1-5-30-45-41(50)47(3)56(52,53)39-28-26-36(43)32-34(39)22-18-16-14-12-10-8-7-9-11-13-15-17-19-24-38(49)25-21-20-23-35-33-37(44)27-29-40(35)57(54,55)48(4)42(51)46-31-6-2/h26-29,32-33,38,49H,5-25,30-31H2,1-4H3,(H,45,50)(H,46,51). The van der Waals surface area contributed by atoms with Gasteiger partial charge < -0.3 is 15.7 Å². The number of amides is 4. The molecule has 4 amide bonds. The number of sulfonamides is 2. The number of nitrogens with one attached hydrogen (secondary N) is 2. The maximum atomic E-state index is 13.2. The SMILES string of the molecule is CCCNC(=O)N(C)S(=O)(=O)c1ccc(Cl)cc1CCCCCCCCCCCCCCCC(O)CCCCc1cc(Cl)ccc1S(=O)(=O)N(C)C(=O)NCCC. The van der Waals surface area contributed by atoms with Crippen LogP contribution in [0.15, 0.2) is 46.2 Å². The summed E-state index contributed by atoms with van der Waals surface area (Å²) in [7, 11) is -5.48. The van der Waals surface area contributed by atoms with Gasteiger partial charge in [0.2, 0.25) is 0 Å². The summed E-state index contributed by atoms with van der Waals surface area (Å²) in [6.07, 6.45) is 19.7. The van der Waals surface area contributed by atoms with Gasteiger partial charge in [-0.2, -0.15) is 0 Å². The molecule has 2 aromatic carbocycles. The molecule has 0 spiro atoms. The number of urea groups is 2. The van der Waals surface area contributed by atoms with Gasteiger partial charge in [-0.05, 0) is 98.9 Å². The highest BCUT2D eigenvalue weighted by molar-refractivity contribution is 7.90. The Labute approximate surface area is 353 Å². The fourth-order valence-electron chi connectivity index (χ4n) is 6.67. The number of nitrogens with zero attached hydrogens (tertiary/aromatic N) is 2. The second-order valence-corrected chi connectivity index (χ2v) is 19.7. The molecular weight excluding hydrogens is 808 g/mol. The van der Waals surface area contributed by atoms with Gasteiger partial charge in [0.15, 0.2) is 0 Å². The van der Waals surface area contributed by atoms with E-state index in [1.165, 1.54) is 77.2 Å². The van der Waals surface area contributed by atoms with E-state index < -0.39 is 32.1 Å². The quantitative estimate of drug-likeness (QED) is 0.0688. The number of rotatable bonds is 29. The molecule has 0 fully saturated rings. The Hall–Kier alpha value is -2.58. The van der Waals surface area contributed by atoms with E-state index in [0.717, 1.165) is 60.0 Å². The van der Waals surface area contributed by atoms with Crippen molar-refractivity contribution < 1.29 is 31.5 Å². The van der Waals surface area contributed by atoms with Gasteiger partial charge in [-0.3, -0.25) is 0 Å². The lowest BCUT2D eigenvalue weighted by molar-refractivity contribution is 0.147. The Morgan fingerprint density at radius 3 is 1.26 bits per heavy atom. The molecule has 0 radical (unpaired) electrons. The predicted molar refractivity (Wildman–Crippen MR) is 232 cm³/mol. The number of hydrogen-bond acceptors (Lipinski definition) is 7. The van der Waals surface area contributed by atoms with Crippen molar-refractivity contribution in [2.45, 2.75) is 165 Å². The average Bonchev–Trinajstić information content (AvgIpc) is 3.18. The summed E-state index contributed by atoms with van der Waals surface area (Å²) < 4.78 is 54.3. The second kappa shape index (κ2) is 27.2. The number of benzene rings is 2. The molecule has 0 aromatic heterocycles. The van der Waals surface area contributed by atoms with Gasteiger partial charge in [0.05, 0.1) is 15.9 Å².